The van der Waals surface area contributed by atoms with E-state index in [9.17, 15) is 4.79 Å². The SMILES string of the molecule is O=C1CCc2cc(-c3ccco3)cc3c2N1CCC3. The van der Waals surface area contributed by atoms with Crippen molar-refractivity contribution >= 4 is 11.6 Å². The second-order valence-corrected chi connectivity index (χ2v) is 5.27. The zero-order chi connectivity index (χ0) is 12.8. The molecule has 0 radical (unpaired) electrons. The molecule has 1 aromatic heterocycles. The fraction of sp³-hybridized carbons (Fsp3) is 0.312. The summed E-state index contributed by atoms with van der Waals surface area (Å²) in [5.41, 5.74) is 4.90. The Balaban J connectivity index is 1.91. The predicted molar refractivity (Wildman–Crippen MR) is 73.1 cm³/mol. The third kappa shape index (κ3) is 1.61. The van der Waals surface area contributed by atoms with Gasteiger partial charge in [-0.2, -0.15) is 0 Å². The summed E-state index contributed by atoms with van der Waals surface area (Å²) < 4.78 is 5.50. The average molecular weight is 253 g/mol. The molecule has 4 rings (SSSR count). The smallest absolute Gasteiger partial charge is 0.227 e. The number of hydrogen-bond donors (Lipinski definition) is 0. The van der Waals surface area contributed by atoms with Crippen LogP contribution in [-0.4, -0.2) is 12.5 Å². The maximum Gasteiger partial charge on any atom is 0.227 e. The summed E-state index contributed by atoms with van der Waals surface area (Å²) in [4.78, 5) is 14.0. The lowest BCUT2D eigenvalue weighted by Gasteiger charge is -2.35. The number of amides is 1. The molecule has 0 aliphatic carbocycles. The highest BCUT2D eigenvalue weighted by atomic mass is 16.3. The summed E-state index contributed by atoms with van der Waals surface area (Å²) in [7, 11) is 0. The molecule has 0 spiro atoms. The van der Waals surface area contributed by atoms with Crippen molar-refractivity contribution in [1.29, 1.82) is 0 Å². The lowest BCUT2D eigenvalue weighted by Crippen LogP contribution is -2.39. The molecule has 3 nitrogen and oxygen atoms in total. The van der Waals surface area contributed by atoms with Crippen molar-refractivity contribution in [2.45, 2.75) is 25.7 Å². The van der Waals surface area contributed by atoms with Crippen LogP contribution in [0, 0.1) is 0 Å². The number of nitrogens with zero attached hydrogens (tertiary/aromatic N) is 1. The van der Waals surface area contributed by atoms with Gasteiger partial charge in [0.05, 0.1) is 12.0 Å². The highest BCUT2D eigenvalue weighted by Gasteiger charge is 2.29. The van der Waals surface area contributed by atoms with E-state index in [0.717, 1.165) is 37.1 Å². The summed E-state index contributed by atoms with van der Waals surface area (Å²) in [5.74, 6) is 1.19. The van der Waals surface area contributed by atoms with E-state index in [4.69, 9.17) is 4.42 Å². The van der Waals surface area contributed by atoms with E-state index >= 15 is 0 Å². The number of anilines is 1. The molecule has 0 bridgehead atoms. The minimum absolute atomic E-state index is 0.277. The van der Waals surface area contributed by atoms with Crippen LogP contribution >= 0.6 is 0 Å². The van der Waals surface area contributed by atoms with Crippen LogP contribution in [0.15, 0.2) is 34.9 Å². The first-order chi connectivity index (χ1) is 9.33. The molecule has 19 heavy (non-hydrogen) atoms. The monoisotopic (exact) mass is 253 g/mol. The van der Waals surface area contributed by atoms with Crippen LogP contribution in [0.4, 0.5) is 5.69 Å². The van der Waals surface area contributed by atoms with Gasteiger partial charge in [-0.05, 0) is 54.7 Å². The molecule has 0 saturated carbocycles. The van der Waals surface area contributed by atoms with Crippen molar-refractivity contribution in [1.82, 2.24) is 0 Å². The van der Waals surface area contributed by atoms with Gasteiger partial charge in [0.15, 0.2) is 0 Å². The average Bonchev–Trinajstić information content (AvgIpc) is 2.97. The van der Waals surface area contributed by atoms with Crippen LogP contribution in [0.1, 0.15) is 24.0 Å². The van der Waals surface area contributed by atoms with Gasteiger partial charge in [-0.15, -0.1) is 0 Å². The minimum atomic E-state index is 0.277. The largest absolute Gasteiger partial charge is 0.464 e. The summed E-state index contributed by atoms with van der Waals surface area (Å²) in [6, 6.07) is 8.27. The molecule has 0 saturated heterocycles. The Kier molecular flexibility index (Phi) is 2.28. The van der Waals surface area contributed by atoms with Crippen LogP contribution in [0.5, 0.6) is 0 Å². The molecular weight excluding hydrogens is 238 g/mol. The Morgan fingerprint density at radius 1 is 1.11 bits per heavy atom. The van der Waals surface area contributed by atoms with Gasteiger partial charge in [-0.3, -0.25) is 4.79 Å². The van der Waals surface area contributed by atoms with Crippen molar-refractivity contribution in [3.05, 3.63) is 41.7 Å². The van der Waals surface area contributed by atoms with E-state index in [-0.39, 0.29) is 5.91 Å². The first-order valence-corrected chi connectivity index (χ1v) is 6.83. The van der Waals surface area contributed by atoms with Gasteiger partial charge in [-0.1, -0.05) is 0 Å². The zero-order valence-corrected chi connectivity index (χ0v) is 10.7. The molecule has 3 heteroatoms. The number of rotatable bonds is 1. The fourth-order valence-electron chi connectivity index (χ4n) is 3.24. The van der Waals surface area contributed by atoms with Gasteiger partial charge >= 0.3 is 0 Å². The highest BCUT2D eigenvalue weighted by Crippen LogP contribution is 2.38. The van der Waals surface area contributed by atoms with Crippen LogP contribution in [0.2, 0.25) is 0 Å². The third-order valence-electron chi connectivity index (χ3n) is 4.08. The Bertz CT molecular complexity index is 626. The molecule has 0 N–H and O–H groups in total. The molecule has 2 aromatic rings. The Labute approximate surface area is 111 Å². The Morgan fingerprint density at radius 3 is 2.74 bits per heavy atom. The van der Waals surface area contributed by atoms with Crippen LogP contribution in [0.25, 0.3) is 11.3 Å². The van der Waals surface area contributed by atoms with E-state index < -0.39 is 0 Å². The van der Waals surface area contributed by atoms with Crippen molar-refractivity contribution in [2.24, 2.45) is 0 Å². The molecule has 96 valence electrons. The summed E-state index contributed by atoms with van der Waals surface area (Å²) in [5, 5.41) is 0. The molecular formula is C16H15NO2. The highest BCUT2D eigenvalue weighted by molar-refractivity contribution is 5.98. The maximum atomic E-state index is 12.0. The summed E-state index contributed by atoms with van der Waals surface area (Å²) >= 11 is 0. The number of aryl methyl sites for hydroxylation is 2. The lowest BCUT2D eigenvalue weighted by molar-refractivity contribution is -0.119. The normalized spacial score (nSPS) is 17.5. The first kappa shape index (κ1) is 10.9. The standard InChI is InChI=1S/C16H15NO2/c18-15-6-5-12-10-13(14-4-2-8-19-14)9-11-3-1-7-17(15)16(11)12/h2,4,8-10H,1,3,5-7H2. The first-order valence-electron chi connectivity index (χ1n) is 6.83. The van der Waals surface area contributed by atoms with Gasteiger partial charge in [0, 0.05) is 18.5 Å². The zero-order valence-electron chi connectivity index (χ0n) is 10.7. The molecule has 1 amide bonds. The van der Waals surface area contributed by atoms with Gasteiger partial charge in [0.25, 0.3) is 0 Å². The third-order valence-corrected chi connectivity index (χ3v) is 4.08. The minimum Gasteiger partial charge on any atom is -0.464 e. The van der Waals surface area contributed by atoms with E-state index in [1.54, 1.807) is 6.26 Å². The Morgan fingerprint density at radius 2 is 1.95 bits per heavy atom. The van der Waals surface area contributed by atoms with Gasteiger partial charge < -0.3 is 9.32 Å². The Hall–Kier alpha value is -2.03. The second kappa shape index (κ2) is 3.98. The molecule has 0 unspecified atom stereocenters. The van der Waals surface area contributed by atoms with E-state index in [1.165, 1.54) is 16.8 Å². The van der Waals surface area contributed by atoms with Crippen molar-refractivity contribution in [2.75, 3.05) is 11.4 Å². The lowest BCUT2D eigenvalue weighted by atomic mass is 9.89. The molecule has 2 aliphatic rings. The van der Waals surface area contributed by atoms with Crippen LogP contribution < -0.4 is 4.90 Å². The second-order valence-electron chi connectivity index (χ2n) is 5.27. The number of furan rings is 1. The fourth-order valence-corrected chi connectivity index (χ4v) is 3.24. The maximum absolute atomic E-state index is 12.0. The van der Waals surface area contributed by atoms with Gasteiger partial charge in [0.1, 0.15) is 5.76 Å². The molecule has 3 heterocycles. The molecule has 2 aliphatic heterocycles. The van der Waals surface area contributed by atoms with Gasteiger partial charge in [0.2, 0.25) is 5.91 Å². The van der Waals surface area contributed by atoms with E-state index in [0.29, 0.717) is 6.42 Å². The predicted octanol–water partition coefficient (Wildman–Crippen LogP) is 3.17. The number of hydrogen-bond acceptors (Lipinski definition) is 2. The summed E-state index contributed by atoms with van der Waals surface area (Å²) in [6.45, 7) is 0.874. The number of carbonyl (C=O) groups is 1. The van der Waals surface area contributed by atoms with E-state index in [2.05, 4.69) is 12.1 Å². The van der Waals surface area contributed by atoms with Crippen molar-refractivity contribution in [3.63, 3.8) is 0 Å². The quantitative estimate of drug-likeness (QED) is 0.782. The molecule has 0 fully saturated rings. The number of carbonyl (C=O) groups excluding carboxylic acids is 1. The van der Waals surface area contributed by atoms with Gasteiger partial charge in [-0.25, -0.2) is 0 Å². The van der Waals surface area contributed by atoms with Crippen LogP contribution in [0.3, 0.4) is 0 Å². The summed E-state index contributed by atoms with van der Waals surface area (Å²) in [6.07, 6.45) is 5.30. The van der Waals surface area contributed by atoms with Crippen molar-refractivity contribution in [3.8, 4) is 11.3 Å². The van der Waals surface area contributed by atoms with E-state index in [1.807, 2.05) is 17.0 Å². The van der Waals surface area contributed by atoms with Crippen LogP contribution in [-0.2, 0) is 17.6 Å². The topological polar surface area (TPSA) is 33.5 Å². The molecule has 1 aromatic carbocycles. The van der Waals surface area contributed by atoms with Crippen molar-refractivity contribution < 1.29 is 9.21 Å². The molecule has 0 atom stereocenters. The number of benzene rings is 1.